The van der Waals surface area contributed by atoms with E-state index in [1.54, 1.807) is 12.1 Å². The van der Waals surface area contributed by atoms with Crippen LogP contribution in [-0.4, -0.2) is 32.8 Å². The van der Waals surface area contributed by atoms with E-state index in [1.807, 2.05) is 6.07 Å². The zero-order valence-electron chi connectivity index (χ0n) is 11.1. The zero-order valence-corrected chi connectivity index (χ0v) is 11.1. The monoisotopic (exact) mass is 264 g/mol. The molecule has 0 amide bonds. The number of hydrogen-bond acceptors (Lipinski definition) is 5. The maximum Gasteiger partial charge on any atom is 0.340 e. The quantitative estimate of drug-likeness (QED) is 0.641. The van der Waals surface area contributed by atoms with E-state index in [-0.39, 0.29) is 0 Å². The van der Waals surface area contributed by atoms with Gasteiger partial charge in [-0.1, -0.05) is 6.07 Å². The summed E-state index contributed by atoms with van der Waals surface area (Å²) in [6, 6.07) is 5.32. The van der Waals surface area contributed by atoms with Gasteiger partial charge in [0.1, 0.15) is 0 Å². The average molecular weight is 264 g/mol. The lowest BCUT2D eigenvalue weighted by Crippen LogP contribution is -2.24. The molecule has 5 heteroatoms. The number of ether oxygens (including phenoxy) is 2. The van der Waals surface area contributed by atoms with Crippen molar-refractivity contribution >= 4 is 17.3 Å². The molecule has 0 saturated carbocycles. The summed E-state index contributed by atoms with van der Waals surface area (Å²) in [5, 5.41) is 3.29. The molecular weight excluding hydrogens is 244 g/mol. The van der Waals surface area contributed by atoms with Gasteiger partial charge in [-0.15, -0.1) is 0 Å². The molecule has 104 valence electrons. The molecule has 0 spiro atoms. The van der Waals surface area contributed by atoms with Crippen LogP contribution in [0, 0.1) is 5.92 Å². The number of benzene rings is 1. The SMILES string of the molecule is COC(=O)c1cccc(NCC2CCCOC2)c1N. The van der Waals surface area contributed by atoms with Gasteiger partial charge in [0.25, 0.3) is 0 Å². The van der Waals surface area contributed by atoms with Crippen LogP contribution < -0.4 is 11.1 Å². The van der Waals surface area contributed by atoms with Crippen molar-refractivity contribution in [3.63, 3.8) is 0 Å². The molecule has 0 radical (unpaired) electrons. The molecule has 1 aromatic carbocycles. The molecule has 0 aromatic heterocycles. The van der Waals surface area contributed by atoms with Gasteiger partial charge in [0.2, 0.25) is 0 Å². The second-order valence-electron chi connectivity index (χ2n) is 4.72. The predicted octanol–water partition coefficient (Wildman–Crippen LogP) is 1.89. The third-order valence-corrected chi connectivity index (χ3v) is 3.35. The number of para-hydroxylation sites is 1. The first-order chi connectivity index (χ1) is 9.22. The third kappa shape index (κ3) is 3.38. The molecule has 1 aliphatic rings. The standard InChI is InChI=1S/C14H20N2O3/c1-18-14(17)11-5-2-6-12(13(11)15)16-8-10-4-3-7-19-9-10/h2,5-6,10,16H,3-4,7-9,15H2,1H3. The number of nitrogens with one attached hydrogen (secondary N) is 1. The Kier molecular flexibility index (Phi) is 4.63. The molecule has 19 heavy (non-hydrogen) atoms. The largest absolute Gasteiger partial charge is 0.465 e. The summed E-state index contributed by atoms with van der Waals surface area (Å²) in [5.74, 6) is 0.0806. The summed E-state index contributed by atoms with van der Waals surface area (Å²) < 4.78 is 10.1. The van der Waals surface area contributed by atoms with Gasteiger partial charge in [0.15, 0.2) is 0 Å². The number of methoxy groups -OCH3 is 1. The first kappa shape index (κ1) is 13.7. The fourth-order valence-electron chi connectivity index (χ4n) is 2.23. The molecule has 1 aliphatic heterocycles. The molecule has 1 aromatic rings. The fourth-order valence-corrected chi connectivity index (χ4v) is 2.23. The number of rotatable bonds is 4. The number of esters is 1. The van der Waals surface area contributed by atoms with E-state index in [1.165, 1.54) is 7.11 Å². The molecule has 1 heterocycles. The Labute approximate surface area is 113 Å². The minimum Gasteiger partial charge on any atom is -0.465 e. The van der Waals surface area contributed by atoms with E-state index in [0.29, 0.717) is 17.2 Å². The highest BCUT2D eigenvalue weighted by Crippen LogP contribution is 2.24. The molecule has 2 rings (SSSR count). The van der Waals surface area contributed by atoms with Crippen LogP contribution in [0.2, 0.25) is 0 Å². The van der Waals surface area contributed by atoms with Crippen LogP contribution in [0.25, 0.3) is 0 Å². The summed E-state index contributed by atoms with van der Waals surface area (Å²) in [5.41, 5.74) is 7.58. The van der Waals surface area contributed by atoms with Crippen molar-refractivity contribution in [1.82, 2.24) is 0 Å². The van der Waals surface area contributed by atoms with E-state index >= 15 is 0 Å². The van der Waals surface area contributed by atoms with E-state index < -0.39 is 5.97 Å². The lowest BCUT2D eigenvalue weighted by atomic mass is 10.0. The lowest BCUT2D eigenvalue weighted by molar-refractivity contribution is 0.0593. The molecule has 1 saturated heterocycles. The molecular formula is C14H20N2O3. The van der Waals surface area contributed by atoms with Crippen molar-refractivity contribution in [3.05, 3.63) is 23.8 Å². The highest BCUT2D eigenvalue weighted by atomic mass is 16.5. The van der Waals surface area contributed by atoms with Gasteiger partial charge in [0, 0.05) is 13.2 Å². The molecule has 3 N–H and O–H groups in total. The summed E-state index contributed by atoms with van der Waals surface area (Å²) in [6.07, 6.45) is 2.26. The summed E-state index contributed by atoms with van der Waals surface area (Å²) in [6.45, 7) is 2.44. The Morgan fingerprint density at radius 1 is 1.58 bits per heavy atom. The molecule has 1 fully saturated rings. The summed E-state index contributed by atoms with van der Waals surface area (Å²) in [7, 11) is 1.35. The van der Waals surface area contributed by atoms with Gasteiger partial charge in [0.05, 0.1) is 30.7 Å². The van der Waals surface area contributed by atoms with Crippen LogP contribution in [0.4, 0.5) is 11.4 Å². The summed E-state index contributed by atoms with van der Waals surface area (Å²) in [4.78, 5) is 11.5. The van der Waals surface area contributed by atoms with Gasteiger partial charge < -0.3 is 20.5 Å². The summed E-state index contributed by atoms with van der Waals surface area (Å²) >= 11 is 0. The average Bonchev–Trinajstić information content (AvgIpc) is 2.46. The molecule has 0 aliphatic carbocycles. The van der Waals surface area contributed by atoms with E-state index in [4.69, 9.17) is 15.2 Å². The van der Waals surface area contributed by atoms with Crippen LogP contribution in [0.1, 0.15) is 23.2 Å². The number of hydrogen-bond donors (Lipinski definition) is 2. The number of nitrogens with two attached hydrogens (primary N) is 1. The van der Waals surface area contributed by atoms with Crippen LogP contribution in [0.15, 0.2) is 18.2 Å². The van der Waals surface area contributed by atoms with Gasteiger partial charge in [-0.2, -0.15) is 0 Å². The molecule has 1 unspecified atom stereocenters. The number of carbonyl (C=O) groups excluding carboxylic acids is 1. The Bertz CT molecular complexity index is 442. The maximum absolute atomic E-state index is 11.5. The van der Waals surface area contributed by atoms with Crippen molar-refractivity contribution in [2.75, 3.05) is 37.9 Å². The van der Waals surface area contributed by atoms with E-state index in [0.717, 1.165) is 38.3 Å². The lowest BCUT2D eigenvalue weighted by Gasteiger charge is -2.23. The zero-order chi connectivity index (χ0) is 13.7. The Balaban J connectivity index is 2.01. The fraction of sp³-hybridized carbons (Fsp3) is 0.500. The second-order valence-corrected chi connectivity index (χ2v) is 4.72. The van der Waals surface area contributed by atoms with Crippen LogP contribution in [0.3, 0.4) is 0 Å². The molecule has 0 bridgehead atoms. The Hall–Kier alpha value is -1.75. The smallest absolute Gasteiger partial charge is 0.340 e. The normalized spacial score (nSPS) is 18.9. The van der Waals surface area contributed by atoms with Crippen molar-refractivity contribution in [2.45, 2.75) is 12.8 Å². The number of carbonyl (C=O) groups is 1. The number of nitrogen functional groups attached to an aromatic ring is 1. The van der Waals surface area contributed by atoms with Crippen LogP contribution >= 0.6 is 0 Å². The predicted molar refractivity (Wildman–Crippen MR) is 74.2 cm³/mol. The minimum atomic E-state index is -0.415. The van der Waals surface area contributed by atoms with Crippen molar-refractivity contribution in [1.29, 1.82) is 0 Å². The molecule has 5 nitrogen and oxygen atoms in total. The van der Waals surface area contributed by atoms with Crippen LogP contribution in [0.5, 0.6) is 0 Å². The number of anilines is 2. The highest BCUT2D eigenvalue weighted by molar-refractivity contribution is 5.98. The van der Waals surface area contributed by atoms with Crippen molar-refractivity contribution < 1.29 is 14.3 Å². The minimum absolute atomic E-state index is 0.396. The van der Waals surface area contributed by atoms with E-state index in [9.17, 15) is 4.79 Å². The van der Waals surface area contributed by atoms with Gasteiger partial charge >= 0.3 is 5.97 Å². The Morgan fingerprint density at radius 2 is 2.42 bits per heavy atom. The molecule has 1 atom stereocenters. The van der Waals surface area contributed by atoms with Crippen molar-refractivity contribution in [3.8, 4) is 0 Å². The third-order valence-electron chi connectivity index (χ3n) is 3.35. The van der Waals surface area contributed by atoms with Gasteiger partial charge in [-0.3, -0.25) is 0 Å². The van der Waals surface area contributed by atoms with Crippen LogP contribution in [-0.2, 0) is 9.47 Å². The second kappa shape index (κ2) is 6.43. The maximum atomic E-state index is 11.5. The van der Waals surface area contributed by atoms with Gasteiger partial charge in [-0.05, 0) is 30.9 Å². The first-order valence-electron chi connectivity index (χ1n) is 6.50. The van der Waals surface area contributed by atoms with Gasteiger partial charge in [-0.25, -0.2) is 4.79 Å². The Morgan fingerprint density at radius 3 is 3.11 bits per heavy atom. The van der Waals surface area contributed by atoms with Crippen molar-refractivity contribution in [2.24, 2.45) is 5.92 Å². The first-order valence-corrected chi connectivity index (χ1v) is 6.50. The highest BCUT2D eigenvalue weighted by Gasteiger charge is 2.16. The topological polar surface area (TPSA) is 73.6 Å². The van der Waals surface area contributed by atoms with E-state index in [2.05, 4.69) is 5.32 Å².